The largest absolute Gasteiger partial charge is 0.547 e. The molecule has 0 aliphatic heterocycles. The fraction of sp³-hybridized carbons (Fsp3) is 0.600. The Kier molecular flexibility index (Phi) is 3.15. The highest BCUT2D eigenvalue weighted by Crippen LogP contribution is 2.20. The SMILES string of the molecule is CC[Si](C)(C)OC1=CC=CCC1. The van der Waals surface area contributed by atoms with Gasteiger partial charge in [-0.05, 0) is 31.6 Å². The molecule has 0 heterocycles. The van der Waals surface area contributed by atoms with Crippen LogP contribution in [0.4, 0.5) is 0 Å². The molecule has 0 aromatic rings. The molecule has 1 aliphatic carbocycles. The summed E-state index contributed by atoms with van der Waals surface area (Å²) in [6, 6.07) is 1.19. The monoisotopic (exact) mass is 182 g/mol. The first kappa shape index (κ1) is 9.58. The van der Waals surface area contributed by atoms with Gasteiger partial charge in [0.25, 0.3) is 0 Å². The minimum atomic E-state index is -1.37. The van der Waals surface area contributed by atoms with Crippen molar-refractivity contribution in [3.63, 3.8) is 0 Å². The Balaban J connectivity index is 2.50. The fourth-order valence-corrected chi connectivity index (χ4v) is 2.12. The van der Waals surface area contributed by atoms with Crippen LogP contribution >= 0.6 is 0 Å². The van der Waals surface area contributed by atoms with E-state index in [4.69, 9.17) is 4.43 Å². The molecule has 0 radical (unpaired) electrons. The van der Waals surface area contributed by atoms with Crippen LogP contribution in [0.1, 0.15) is 19.8 Å². The molecule has 0 atom stereocenters. The first-order valence-electron chi connectivity index (χ1n) is 4.69. The van der Waals surface area contributed by atoms with Crippen molar-refractivity contribution in [1.29, 1.82) is 0 Å². The van der Waals surface area contributed by atoms with Crippen molar-refractivity contribution in [2.75, 3.05) is 0 Å². The molecule has 0 saturated heterocycles. The predicted octanol–water partition coefficient (Wildman–Crippen LogP) is 3.46. The van der Waals surface area contributed by atoms with Gasteiger partial charge >= 0.3 is 0 Å². The van der Waals surface area contributed by atoms with Gasteiger partial charge < -0.3 is 4.43 Å². The van der Waals surface area contributed by atoms with Gasteiger partial charge in [0.1, 0.15) is 0 Å². The van der Waals surface area contributed by atoms with E-state index in [2.05, 4.69) is 38.2 Å². The van der Waals surface area contributed by atoms with E-state index in [-0.39, 0.29) is 0 Å². The lowest BCUT2D eigenvalue weighted by atomic mass is 10.2. The average molecular weight is 182 g/mol. The van der Waals surface area contributed by atoms with Crippen LogP contribution in [0, 0.1) is 0 Å². The molecule has 2 heteroatoms. The summed E-state index contributed by atoms with van der Waals surface area (Å²) >= 11 is 0. The summed E-state index contributed by atoms with van der Waals surface area (Å²) in [7, 11) is -1.37. The van der Waals surface area contributed by atoms with Crippen LogP contribution in [-0.4, -0.2) is 8.32 Å². The van der Waals surface area contributed by atoms with Gasteiger partial charge in [-0.3, -0.25) is 0 Å². The molecule has 1 aliphatic rings. The Morgan fingerprint density at radius 1 is 1.50 bits per heavy atom. The minimum Gasteiger partial charge on any atom is -0.547 e. The van der Waals surface area contributed by atoms with Gasteiger partial charge in [-0.15, -0.1) is 0 Å². The van der Waals surface area contributed by atoms with Gasteiger partial charge in [-0.1, -0.05) is 19.1 Å². The van der Waals surface area contributed by atoms with Crippen molar-refractivity contribution in [2.24, 2.45) is 0 Å². The lowest BCUT2D eigenvalue weighted by Crippen LogP contribution is -2.28. The molecule has 0 N–H and O–H groups in total. The first-order chi connectivity index (χ1) is 5.64. The van der Waals surface area contributed by atoms with E-state index in [1.165, 1.54) is 11.8 Å². The van der Waals surface area contributed by atoms with Crippen LogP contribution in [0.25, 0.3) is 0 Å². The zero-order chi connectivity index (χ0) is 9.03. The van der Waals surface area contributed by atoms with Gasteiger partial charge in [0, 0.05) is 6.42 Å². The van der Waals surface area contributed by atoms with Crippen molar-refractivity contribution in [1.82, 2.24) is 0 Å². The molecule has 0 spiro atoms. The second-order valence-electron chi connectivity index (χ2n) is 3.82. The Hall–Kier alpha value is -0.503. The topological polar surface area (TPSA) is 9.23 Å². The minimum absolute atomic E-state index is 1.09. The quantitative estimate of drug-likeness (QED) is 0.607. The van der Waals surface area contributed by atoms with Crippen molar-refractivity contribution in [3.05, 3.63) is 24.0 Å². The smallest absolute Gasteiger partial charge is 0.244 e. The van der Waals surface area contributed by atoms with Crippen LogP contribution < -0.4 is 0 Å². The maximum Gasteiger partial charge on any atom is 0.244 e. The highest BCUT2D eigenvalue weighted by atomic mass is 28.4. The molecular formula is C10H18OSi. The number of hydrogen-bond donors (Lipinski definition) is 0. The second kappa shape index (κ2) is 3.94. The Labute approximate surface area is 76.3 Å². The summed E-state index contributed by atoms with van der Waals surface area (Å²) in [5.41, 5.74) is 0. The molecule has 0 aromatic heterocycles. The maximum absolute atomic E-state index is 5.98. The number of rotatable bonds is 3. The maximum atomic E-state index is 5.98. The Bertz CT molecular complexity index is 204. The van der Waals surface area contributed by atoms with E-state index in [9.17, 15) is 0 Å². The van der Waals surface area contributed by atoms with Crippen molar-refractivity contribution >= 4 is 8.32 Å². The summed E-state index contributed by atoms with van der Waals surface area (Å²) in [6.07, 6.45) is 8.62. The Morgan fingerprint density at radius 2 is 2.25 bits per heavy atom. The molecule has 1 rings (SSSR count). The molecular weight excluding hydrogens is 164 g/mol. The normalized spacial score (nSPS) is 17.4. The third-order valence-corrected chi connectivity index (χ3v) is 4.75. The van der Waals surface area contributed by atoms with Crippen LogP contribution in [0.5, 0.6) is 0 Å². The summed E-state index contributed by atoms with van der Waals surface area (Å²) < 4.78 is 5.98. The molecule has 0 amide bonds. The van der Waals surface area contributed by atoms with Gasteiger partial charge in [-0.2, -0.15) is 0 Å². The molecule has 0 saturated carbocycles. The van der Waals surface area contributed by atoms with Crippen LogP contribution in [0.15, 0.2) is 24.0 Å². The lowest BCUT2D eigenvalue weighted by molar-refractivity contribution is 0.394. The second-order valence-corrected chi connectivity index (χ2v) is 8.25. The lowest BCUT2D eigenvalue weighted by Gasteiger charge is -2.25. The standard InChI is InChI=1S/C10H18OSi/c1-4-12(2,3)11-10-8-6-5-7-9-10/h5-6,8H,4,7,9H2,1-3H3. The predicted molar refractivity (Wildman–Crippen MR) is 55.5 cm³/mol. The van der Waals surface area contributed by atoms with Crippen molar-refractivity contribution in [2.45, 2.75) is 38.9 Å². The summed E-state index contributed by atoms with van der Waals surface area (Å²) in [4.78, 5) is 0. The summed E-state index contributed by atoms with van der Waals surface area (Å²) in [5, 5.41) is 0. The van der Waals surface area contributed by atoms with E-state index in [1.54, 1.807) is 0 Å². The third-order valence-electron chi connectivity index (χ3n) is 2.23. The van der Waals surface area contributed by atoms with Crippen molar-refractivity contribution in [3.8, 4) is 0 Å². The molecule has 1 nitrogen and oxygen atoms in total. The van der Waals surface area contributed by atoms with Gasteiger partial charge in [-0.25, -0.2) is 0 Å². The molecule has 0 aromatic carbocycles. The van der Waals surface area contributed by atoms with E-state index in [0.717, 1.165) is 12.8 Å². The number of hydrogen-bond acceptors (Lipinski definition) is 1. The van der Waals surface area contributed by atoms with Crippen LogP contribution in [-0.2, 0) is 4.43 Å². The van der Waals surface area contributed by atoms with E-state index in [0.29, 0.717) is 0 Å². The van der Waals surface area contributed by atoms with Crippen molar-refractivity contribution < 1.29 is 4.43 Å². The zero-order valence-corrected chi connectivity index (χ0v) is 9.26. The fourth-order valence-electron chi connectivity index (χ4n) is 1.09. The highest BCUT2D eigenvalue weighted by Gasteiger charge is 2.22. The third kappa shape index (κ3) is 2.86. The average Bonchev–Trinajstić information content (AvgIpc) is 2.06. The molecule has 0 fully saturated rings. The van der Waals surface area contributed by atoms with Gasteiger partial charge in [0.05, 0.1) is 5.76 Å². The molecule has 0 unspecified atom stereocenters. The van der Waals surface area contributed by atoms with E-state index < -0.39 is 8.32 Å². The van der Waals surface area contributed by atoms with E-state index >= 15 is 0 Å². The van der Waals surface area contributed by atoms with Gasteiger partial charge in [0.15, 0.2) is 0 Å². The first-order valence-corrected chi connectivity index (χ1v) is 7.80. The number of allylic oxidation sites excluding steroid dienone is 4. The highest BCUT2D eigenvalue weighted by molar-refractivity contribution is 6.71. The molecule has 12 heavy (non-hydrogen) atoms. The summed E-state index contributed by atoms with van der Waals surface area (Å²) in [5.74, 6) is 1.19. The van der Waals surface area contributed by atoms with Crippen LogP contribution in [0.3, 0.4) is 0 Å². The molecule has 0 bridgehead atoms. The summed E-state index contributed by atoms with van der Waals surface area (Å²) in [6.45, 7) is 6.75. The van der Waals surface area contributed by atoms with E-state index in [1.807, 2.05) is 0 Å². The zero-order valence-electron chi connectivity index (χ0n) is 8.26. The van der Waals surface area contributed by atoms with Gasteiger partial charge in [0.2, 0.25) is 8.32 Å². The molecule has 68 valence electrons. The Morgan fingerprint density at radius 3 is 2.75 bits per heavy atom. The van der Waals surface area contributed by atoms with Crippen LogP contribution in [0.2, 0.25) is 19.1 Å².